The Bertz CT molecular complexity index is 570. The van der Waals surface area contributed by atoms with E-state index in [0.29, 0.717) is 5.39 Å². The van der Waals surface area contributed by atoms with Crippen molar-refractivity contribution >= 4 is 11.0 Å². The molecular weight excluding hydrogens is 175 g/mol. The molecule has 2 aromatic rings. The van der Waals surface area contributed by atoms with Crippen molar-refractivity contribution < 1.29 is 8.91 Å². The first kappa shape index (κ1) is 7.72. The maximum absolute atomic E-state index is 12.7. The van der Waals surface area contributed by atoms with Crippen molar-refractivity contribution in [2.75, 3.05) is 0 Å². The number of hydrogen-bond acceptors (Lipinski definition) is 3. The molecular formula is C8H5FN2O2. The summed E-state index contributed by atoms with van der Waals surface area (Å²) >= 11 is 0. The van der Waals surface area contributed by atoms with Gasteiger partial charge in [0.05, 0.1) is 5.39 Å². The molecule has 0 bridgehead atoms. The third kappa shape index (κ3) is 1.14. The summed E-state index contributed by atoms with van der Waals surface area (Å²) in [7, 11) is 0. The van der Waals surface area contributed by atoms with E-state index in [9.17, 15) is 9.18 Å². The van der Waals surface area contributed by atoms with Crippen LogP contribution in [0.4, 0.5) is 4.39 Å². The Morgan fingerprint density at radius 3 is 3.00 bits per heavy atom. The van der Waals surface area contributed by atoms with E-state index < -0.39 is 11.4 Å². The first-order valence-electron chi connectivity index (χ1n) is 3.54. The Hall–Kier alpha value is -1.91. The predicted molar refractivity (Wildman–Crippen MR) is 42.6 cm³/mol. The van der Waals surface area contributed by atoms with Crippen LogP contribution in [0.5, 0.6) is 0 Å². The number of fused-ring (bicyclic) bond motifs is 1. The van der Waals surface area contributed by atoms with Crippen LogP contribution in [0.3, 0.4) is 0 Å². The van der Waals surface area contributed by atoms with Crippen molar-refractivity contribution in [3.63, 3.8) is 0 Å². The topological polar surface area (TPSA) is 69.8 Å². The van der Waals surface area contributed by atoms with Crippen LogP contribution in [0, 0.1) is 11.2 Å². The molecule has 66 valence electrons. The van der Waals surface area contributed by atoms with Crippen LogP contribution in [0.2, 0.25) is 0 Å². The normalized spacial score (nSPS) is 10.5. The highest BCUT2D eigenvalue weighted by Crippen LogP contribution is 2.08. The minimum atomic E-state index is -0.626. The van der Waals surface area contributed by atoms with Crippen LogP contribution in [-0.4, -0.2) is 5.16 Å². The Morgan fingerprint density at radius 1 is 1.46 bits per heavy atom. The lowest BCUT2D eigenvalue weighted by Gasteiger charge is -1.94. The lowest BCUT2D eigenvalue weighted by Crippen LogP contribution is -2.26. The van der Waals surface area contributed by atoms with Gasteiger partial charge in [-0.2, -0.15) is 5.16 Å². The smallest absolute Gasteiger partial charge is 0.302 e. The Morgan fingerprint density at radius 2 is 2.23 bits per heavy atom. The average Bonchev–Trinajstić information content (AvgIpc) is 2.12. The summed E-state index contributed by atoms with van der Waals surface area (Å²) in [4.78, 5) is 10.9. The van der Waals surface area contributed by atoms with Gasteiger partial charge in [-0.15, -0.1) is 0 Å². The van der Waals surface area contributed by atoms with Gasteiger partial charge >= 0.3 is 5.56 Å². The van der Waals surface area contributed by atoms with Crippen molar-refractivity contribution in [1.29, 1.82) is 5.41 Å². The molecule has 5 heteroatoms. The summed E-state index contributed by atoms with van der Waals surface area (Å²) in [6.07, 6.45) is 0. The van der Waals surface area contributed by atoms with Gasteiger partial charge in [0.1, 0.15) is 11.2 Å². The SMILES string of the molecule is N=c1c(=O)[nH]oc2cc(F)ccc12. The van der Waals surface area contributed by atoms with E-state index in [0.717, 1.165) is 6.07 Å². The number of nitrogens with one attached hydrogen (secondary N) is 2. The van der Waals surface area contributed by atoms with Crippen molar-refractivity contribution in [2.45, 2.75) is 0 Å². The van der Waals surface area contributed by atoms with Crippen LogP contribution in [0.1, 0.15) is 0 Å². The van der Waals surface area contributed by atoms with Gasteiger partial charge in [0, 0.05) is 6.07 Å². The molecule has 0 atom stereocenters. The van der Waals surface area contributed by atoms with Gasteiger partial charge in [0.2, 0.25) is 0 Å². The van der Waals surface area contributed by atoms with Crippen molar-refractivity contribution in [3.05, 3.63) is 39.7 Å². The quantitative estimate of drug-likeness (QED) is 0.627. The van der Waals surface area contributed by atoms with Gasteiger partial charge in [0.15, 0.2) is 5.58 Å². The zero-order chi connectivity index (χ0) is 9.42. The molecule has 0 amide bonds. The molecule has 1 aromatic heterocycles. The molecule has 4 nitrogen and oxygen atoms in total. The van der Waals surface area contributed by atoms with E-state index in [-0.39, 0.29) is 10.9 Å². The first-order valence-corrected chi connectivity index (χ1v) is 3.54. The number of H-pyrrole nitrogens is 1. The summed E-state index contributed by atoms with van der Waals surface area (Å²) in [5.41, 5.74) is -0.469. The van der Waals surface area contributed by atoms with Crippen LogP contribution in [0.25, 0.3) is 11.0 Å². The van der Waals surface area contributed by atoms with E-state index in [2.05, 4.69) is 0 Å². The van der Waals surface area contributed by atoms with Crippen LogP contribution >= 0.6 is 0 Å². The van der Waals surface area contributed by atoms with Gasteiger partial charge in [-0.1, -0.05) is 0 Å². The number of rotatable bonds is 0. The zero-order valence-electron chi connectivity index (χ0n) is 6.43. The average molecular weight is 180 g/mol. The van der Waals surface area contributed by atoms with Gasteiger partial charge < -0.3 is 4.52 Å². The molecule has 0 aliphatic heterocycles. The maximum Gasteiger partial charge on any atom is 0.302 e. The molecule has 0 fully saturated rings. The zero-order valence-corrected chi connectivity index (χ0v) is 6.43. The number of benzene rings is 1. The van der Waals surface area contributed by atoms with Crippen LogP contribution in [0.15, 0.2) is 27.5 Å². The highest BCUT2D eigenvalue weighted by atomic mass is 19.1. The molecule has 0 saturated carbocycles. The second kappa shape index (κ2) is 2.55. The Labute approximate surface area is 71.1 Å². The lowest BCUT2D eigenvalue weighted by atomic mass is 10.2. The predicted octanol–water partition coefficient (Wildman–Crippen LogP) is 0.740. The highest BCUT2D eigenvalue weighted by molar-refractivity contribution is 5.74. The molecule has 0 aliphatic carbocycles. The monoisotopic (exact) mass is 180 g/mol. The third-order valence-corrected chi connectivity index (χ3v) is 1.69. The fourth-order valence-corrected chi connectivity index (χ4v) is 1.06. The van der Waals surface area contributed by atoms with E-state index in [1.807, 2.05) is 5.16 Å². The van der Waals surface area contributed by atoms with Crippen LogP contribution < -0.4 is 10.9 Å². The molecule has 2 rings (SSSR count). The first-order chi connectivity index (χ1) is 6.18. The Balaban J connectivity index is 3.04. The van der Waals surface area contributed by atoms with E-state index in [1.54, 1.807) is 0 Å². The van der Waals surface area contributed by atoms with Gasteiger partial charge in [0.25, 0.3) is 0 Å². The van der Waals surface area contributed by atoms with Gasteiger partial charge in [-0.25, -0.2) is 4.39 Å². The van der Waals surface area contributed by atoms with Crippen molar-refractivity contribution in [2.24, 2.45) is 0 Å². The largest absolute Gasteiger partial charge is 0.378 e. The summed E-state index contributed by atoms with van der Waals surface area (Å²) < 4.78 is 17.4. The molecule has 1 aromatic carbocycles. The molecule has 0 radical (unpaired) electrons. The molecule has 13 heavy (non-hydrogen) atoms. The fraction of sp³-hybridized carbons (Fsp3) is 0. The minimum Gasteiger partial charge on any atom is -0.378 e. The summed E-state index contributed by atoms with van der Waals surface area (Å²) in [5, 5.41) is 9.39. The third-order valence-electron chi connectivity index (χ3n) is 1.69. The number of hydrogen-bond donors (Lipinski definition) is 2. The van der Waals surface area contributed by atoms with E-state index in [1.165, 1.54) is 12.1 Å². The molecule has 0 saturated heterocycles. The Kier molecular flexibility index (Phi) is 1.51. The number of aromatic nitrogens is 1. The van der Waals surface area contributed by atoms with Gasteiger partial charge in [-0.05, 0) is 12.1 Å². The number of halogens is 1. The summed E-state index contributed by atoms with van der Waals surface area (Å²) in [6, 6.07) is 3.63. The van der Waals surface area contributed by atoms with Crippen LogP contribution in [-0.2, 0) is 0 Å². The summed E-state index contributed by atoms with van der Waals surface area (Å²) in [5.74, 6) is -0.470. The summed E-state index contributed by atoms with van der Waals surface area (Å²) in [6.45, 7) is 0. The second-order valence-electron chi connectivity index (χ2n) is 2.55. The molecule has 0 aliphatic rings. The fourth-order valence-electron chi connectivity index (χ4n) is 1.06. The highest BCUT2D eigenvalue weighted by Gasteiger charge is 2.01. The second-order valence-corrected chi connectivity index (χ2v) is 2.55. The minimum absolute atomic E-state index is 0.157. The van der Waals surface area contributed by atoms with E-state index in [4.69, 9.17) is 9.93 Å². The molecule has 1 heterocycles. The van der Waals surface area contributed by atoms with Crippen molar-refractivity contribution in [1.82, 2.24) is 5.16 Å². The lowest BCUT2D eigenvalue weighted by molar-refractivity contribution is 0.427. The standard InChI is InChI=1S/C8H5FN2O2/c9-4-1-2-5-6(3-4)13-11-8(12)7(5)10/h1-3,10H,(H,11,12). The van der Waals surface area contributed by atoms with Crippen molar-refractivity contribution in [3.8, 4) is 0 Å². The molecule has 0 unspecified atom stereocenters. The molecule has 2 N–H and O–H groups in total. The number of aromatic amines is 1. The van der Waals surface area contributed by atoms with Gasteiger partial charge in [-0.3, -0.25) is 10.2 Å². The maximum atomic E-state index is 12.7. The molecule has 0 spiro atoms. The van der Waals surface area contributed by atoms with E-state index >= 15 is 0 Å².